The van der Waals surface area contributed by atoms with E-state index in [2.05, 4.69) is 5.32 Å². The summed E-state index contributed by atoms with van der Waals surface area (Å²) in [5.74, 6) is -0.751. The van der Waals surface area contributed by atoms with Gasteiger partial charge >= 0.3 is 5.97 Å². The van der Waals surface area contributed by atoms with Crippen molar-refractivity contribution in [3.63, 3.8) is 0 Å². The standard InChI is InChI=1S/C19H19NO3S/c1-24-16-10-6-5-9-15(16)19(22)23-17(13-7-3-2-4-8-13)18(21)20-14-11-12-14/h2-10,14,17H,11-12H2,1H3,(H,20,21). The molecule has 1 unspecified atom stereocenters. The second-order valence-corrected chi connectivity index (χ2v) is 6.53. The monoisotopic (exact) mass is 341 g/mol. The number of rotatable bonds is 6. The van der Waals surface area contributed by atoms with E-state index in [0.717, 1.165) is 17.7 Å². The molecule has 0 heterocycles. The maximum absolute atomic E-state index is 12.6. The average molecular weight is 341 g/mol. The topological polar surface area (TPSA) is 55.4 Å². The molecule has 1 amide bonds. The smallest absolute Gasteiger partial charge is 0.340 e. The van der Waals surface area contributed by atoms with Crippen LogP contribution in [0, 0.1) is 0 Å². The van der Waals surface area contributed by atoms with Crippen LogP contribution in [0.15, 0.2) is 59.5 Å². The molecule has 1 aliphatic rings. The maximum Gasteiger partial charge on any atom is 0.340 e. The lowest BCUT2D eigenvalue weighted by Gasteiger charge is -2.18. The molecular formula is C19H19NO3S. The van der Waals surface area contributed by atoms with Gasteiger partial charge in [-0.3, -0.25) is 4.79 Å². The van der Waals surface area contributed by atoms with Crippen molar-refractivity contribution < 1.29 is 14.3 Å². The lowest BCUT2D eigenvalue weighted by atomic mass is 10.1. The zero-order valence-corrected chi connectivity index (χ0v) is 14.2. The Labute approximate surface area is 145 Å². The van der Waals surface area contributed by atoms with Gasteiger partial charge in [-0.05, 0) is 31.2 Å². The van der Waals surface area contributed by atoms with E-state index in [1.165, 1.54) is 11.8 Å². The van der Waals surface area contributed by atoms with E-state index < -0.39 is 12.1 Å². The predicted octanol–water partition coefficient (Wildman–Crippen LogP) is 3.59. The lowest BCUT2D eigenvalue weighted by Crippen LogP contribution is -2.33. The second kappa shape index (κ2) is 7.53. The van der Waals surface area contributed by atoms with E-state index in [0.29, 0.717) is 11.1 Å². The van der Waals surface area contributed by atoms with Crippen LogP contribution in [0.3, 0.4) is 0 Å². The van der Waals surface area contributed by atoms with Gasteiger partial charge in [-0.2, -0.15) is 0 Å². The van der Waals surface area contributed by atoms with Gasteiger partial charge in [0.2, 0.25) is 6.10 Å². The van der Waals surface area contributed by atoms with Crippen LogP contribution in [0.4, 0.5) is 0 Å². The Kier molecular flexibility index (Phi) is 5.20. The van der Waals surface area contributed by atoms with Crippen LogP contribution >= 0.6 is 11.8 Å². The molecule has 0 aromatic heterocycles. The number of amides is 1. The van der Waals surface area contributed by atoms with Crippen molar-refractivity contribution in [2.24, 2.45) is 0 Å². The van der Waals surface area contributed by atoms with Crippen LogP contribution in [0.25, 0.3) is 0 Å². The van der Waals surface area contributed by atoms with Crippen molar-refractivity contribution in [1.82, 2.24) is 5.32 Å². The Morgan fingerprint density at radius 3 is 2.42 bits per heavy atom. The Morgan fingerprint density at radius 1 is 1.08 bits per heavy atom. The van der Waals surface area contributed by atoms with Crippen LogP contribution in [-0.2, 0) is 9.53 Å². The fraction of sp³-hybridized carbons (Fsp3) is 0.263. The highest BCUT2D eigenvalue weighted by atomic mass is 32.2. The molecule has 0 aliphatic heterocycles. The molecule has 1 fully saturated rings. The highest BCUT2D eigenvalue weighted by molar-refractivity contribution is 7.98. The van der Waals surface area contributed by atoms with Gasteiger partial charge in [0, 0.05) is 16.5 Å². The summed E-state index contributed by atoms with van der Waals surface area (Å²) in [6.45, 7) is 0. The Morgan fingerprint density at radius 2 is 1.75 bits per heavy atom. The first-order chi connectivity index (χ1) is 11.7. The van der Waals surface area contributed by atoms with Crippen LogP contribution in [0.2, 0.25) is 0 Å². The van der Waals surface area contributed by atoms with Crippen LogP contribution < -0.4 is 5.32 Å². The predicted molar refractivity (Wildman–Crippen MR) is 94.0 cm³/mol. The summed E-state index contributed by atoms with van der Waals surface area (Å²) >= 11 is 1.47. The number of hydrogen-bond acceptors (Lipinski definition) is 4. The Hall–Kier alpha value is -2.27. The van der Waals surface area contributed by atoms with Crippen molar-refractivity contribution in [2.45, 2.75) is 29.9 Å². The van der Waals surface area contributed by atoms with E-state index in [1.807, 2.05) is 36.6 Å². The fourth-order valence-electron chi connectivity index (χ4n) is 2.39. The summed E-state index contributed by atoms with van der Waals surface area (Å²) < 4.78 is 5.59. The third-order valence-electron chi connectivity index (χ3n) is 3.82. The molecule has 2 aromatic rings. The van der Waals surface area contributed by atoms with Gasteiger partial charge in [0.15, 0.2) is 0 Å². The number of hydrogen-bond donors (Lipinski definition) is 1. The Bertz CT molecular complexity index is 728. The zero-order valence-electron chi connectivity index (χ0n) is 13.4. The normalized spacial score (nSPS) is 14.7. The van der Waals surface area contributed by atoms with E-state index in [9.17, 15) is 9.59 Å². The molecule has 0 bridgehead atoms. The highest BCUT2D eigenvalue weighted by Crippen LogP contribution is 2.26. The molecular weight excluding hydrogens is 322 g/mol. The third kappa shape index (κ3) is 3.97. The number of ether oxygens (including phenoxy) is 1. The molecule has 0 radical (unpaired) electrons. The summed E-state index contributed by atoms with van der Waals surface area (Å²) in [6.07, 6.45) is 2.93. The van der Waals surface area contributed by atoms with Gasteiger partial charge in [-0.1, -0.05) is 42.5 Å². The average Bonchev–Trinajstić information content (AvgIpc) is 3.44. The minimum Gasteiger partial charge on any atom is -0.444 e. The van der Waals surface area contributed by atoms with Gasteiger partial charge in [-0.25, -0.2) is 4.79 Å². The maximum atomic E-state index is 12.6. The quantitative estimate of drug-likeness (QED) is 0.644. The number of carbonyl (C=O) groups is 2. The van der Waals surface area contributed by atoms with Crippen molar-refractivity contribution in [3.05, 3.63) is 65.7 Å². The first-order valence-corrected chi connectivity index (χ1v) is 9.11. The van der Waals surface area contributed by atoms with Crippen LogP contribution in [0.1, 0.15) is 34.9 Å². The van der Waals surface area contributed by atoms with Gasteiger partial charge in [0.25, 0.3) is 5.91 Å². The third-order valence-corrected chi connectivity index (χ3v) is 4.61. The van der Waals surface area contributed by atoms with Crippen LogP contribution in [-0.4, -0.2) is 24.2 Å². The van der Waals surface area contributed by atoms with Crippen molar-refractivity contribution in [1.29, 1.82) is 0 Å². The molecule has 3 rings (SSSR count). The van der Waals surface area contributed by atoms with Gasteiger partial charge in [0.05, 0.1) is 5.56 Å². The summed E-state index contributed by atoms with van der Waals surface area (Å²) in [5, 5.41) is 2.92. The summed E-state index contributed by atoms with van der Waals surface area (Å²) in [5.41, 5.74) is 1.15. The molecule has 1 aliphatic carbocycles. The summed E-state index contributed by atoms with van der Waals surface area (Å²) in [6, 6.07) is 16.6. The highest BCUT2D eigenvalue weighted by Gasteiger charge is 2.31. The summed E-state index contributed by atoms with van der Waals surface area (Å²) in [4.78, 5) is 26.0. The van der Waals surface area contributed by atoms with Gasteiger partial charge in [0.1, 0.15) is 0 Å². The number of nitrogens with one attached hydrogen (secondary N) is 1. The largest absolute Gasteiger partial charge is 0.444 e. The van der Waals surface area contributed by atoms with E-state index in [1.54, 1.807) is 24.3 Å². The number of benzene rings is 2. The van der Waals surface area contributed by atoms with E-state index in [-0.39, 0.29) is 11.9 Å². The van der Waals surface area contributed by atoms with Gasteiger partial charge in [-0.15, -0.1) is 11.8 Å². The molecule has 0 saturated heterocycles. The minimum absolute atomic E-state index is 0.209. The lowest BCUT2D eigenvalue weighted by molar-refractivity contribution is -0.130. The number of esters is 1. The van der Waals surface area contributed by atoms with Crippen molar-refractivity contribution >= 4 is 23.6 Å². The van der Waals surface area contributed by atoms with Crippen LogP contribution in [0.5, 0.6) is 0 Å². The molecule has 1 saturated carbocycles. The van der Waals surface area contributed by atoms with E-state index >= 15 is 0 Å². The first-order valence-electron chi connectivity index (χ1n) is 7.88. The fourth-order valence-corrected chi connectivity index (χ4v) is 2.98. The molecule has 24 heavy (non-hydrogen) atoms. The van der Waals surface area contributed by atoms with Crippen molar-refractivity contribution in [2.75, 3.05) is 6.26 Å². The Balaban J connectivity index is 1.83. The number of thioether (sulfide) groups is 1. The summed E-state index contributed by atoms with van der Waals surface area (Å²) in [7, 11) is 0. The molecule has 1 atom stereocenters. The van der Waals surface area contributed by atoms with E-state index in [4.69, 9.17) is 4.74 Å². The molecule has 5 heteroatoms. The molecule has 4 nitrogen and oxygen atoms in total. The SMILES string of the molecule is CSc1ccccc1C(=O)OC(C(=O)NC1CC1)c1ccccc1. The number of carbonyl (C=O) groups excluding carboxylic acids is 2. The van der Waals surface area contributed by atoms with Crippen molar-refractivity contribution in [3.8, 4) is 0 Å². The second-order valence-electron chi connectivity index (χ2n) is 5.68. The molecule has 0 spiro atoms. The molecule has 2 aromatic carbocycles. The van der Waals surface area contributed by atoms with Gasteiger partial charge < -0.3 is 10.1 Å². The minimum atomic E-state index is -0.936. The molecule has 1 N–H and O–H groups in total. The zero-order chi connectivity index (χ0) is 16.9. The first kappa shape index (κ1) is 16.6. The molecule has 124 valence electrons.